The van der Waals surface area contributed by atoms with E-state index >= 15 is 0 Å². The van der Waals surface area contributed by atoms with Crippen LogP contribution in [-0.4, -0.2) is 32.9 Å². The van der Waals surface area contributed by atoms with Gasteiger partial charge in [-0.3, -0.25) is 10.1 Å². The Kier molecular flexibility index (Phi) is 4.42. The first-order valence-electron chi connectivity index (χ1n) is 7.26. The number of H-pyrrole nitrogens is 1. The van der Waals surface area contributed by atoms with Crippen LogP contribution in [0.2, 0.25) is 0 Å². The molecule has 0 saturated carbocycles. The van der Waals surface area contributed by atoms with Gasteiger partial charge in [0.2, 0.25) is 0 Å². The summed E-state index contributed by atoms with van der Waals surface area (Å²) in [5.74, 6) is -1.18. The van der Waals surface area contributed by atoms with E-state index < -0.39 is 12.6 Å². The van der Waals surface area contributed by atoms with Crippen molar-refractivity contribution in [2.75, 3.05) is 0 Å². The average molecular weight is 345 g/mol. The second-order valence-electron chi connectivity index (χ2n) is 5.17. The number of carboxylic acids is 1. The van der Waals surface area contributed by atoms with Gasteiger partial charge < -0.3 is 9.84 Å². The van der Waals surface area contributed by atoms with Gasteiger partial charge in [-0.05, 0) is 37.3 Å². The lowest BCUT2D eigenvalue weighted by Crippen LogP contribution is -2.04. The third-order valence-corrected chi connectivity index (χ3v) is 3.59. The Labute approximate surface area is 141 Å². The minimum atomic E-state index is -2.99. The summed E-state index contributed by atoms with van der Waals surface area (Å²) in [6.07, 6.45) is 1.52. The smallest absolute Gasteiger partial charge is 0.387 e. The molecule has 0 aliphatic carbocycles. The van der Waals surface area contributed by atoms with Crippen LogP contribution >= 0.6 is 0 Å². The van der Waals surface area contributed by atoms with Gasteiger partial charge in [0.15, 0.2) is 0 Å². The first kappa shape index (κ1) is 16.6. The molecule has 1 aromatic carbocycles. The molecule has 0 unspecified atom stereocenters. The van der Waals surface area contributed by atoms with Crippen molar-refractivity contribution in [1.82, 2.24) is 15.2 Å². The minimum Gasteiger partial charge on any atom is -0.478 e. The standard InChI is InChI=1S/C17H13F2N3O3/c1-9-14(16(23)24)15(22-21-9)10-5-6-13(25-17(18)19)11(8-10)12-4-2-3-7-20-12/h2-8,17H,1H3,(H,21,22)(H,23,24). The molecule has 0 aliphatic rings. The number of aryl methyl sites for hydroxylation is 1. The number of ether oxygens (including phenoxy) is 1. The van der Waals surface area contributed by atoms with E-state index in [1.165, 1.54) is 18.3 Å². The Morgan fingerprint density at radius 2 is 2.08 bits per heavy atom. The number of hydrogen-bond donors (Lipinski definition) is 2. The first-order valence-corrected chi connectivity index (χ1v) is 7.26. The molecule has 0 spiro atoms. The summed E-state index contributed by atoms with van der Waals surface area (Å²) in [6, 6.07) is 9.44. The van der Waals surface area contributed by atoms with Gasteiger partial charge in [0, 0.05) is 17.3 Å². The molecular formula is C17H13F2N3O3. The van der Waals surface area contributed by atoms with E-state index in [2.05, 4.69) is 19.9 Å². The molecule has 128 valence electrons. The zero-order valence-electron chi connectivity index (χ0n) is 13.0. The van der Waals surface area contributed by atoms with Crippen molar-refractivity contribution in [2.24, 2.45) is 0 Å². The summed E-state index contributed by atoms with van der Waals surface area (Å²) in [6.45, 7) is -1.42. The summed E-state index contributed by atoms with van der Waals surface area (Å²) in [7, 11) is 0. The molecule has 0 atom stereocenters. The van der Waals surface area contributed by atoms with E-state index in [9.17, 15) is 18.7 Å². The number of benzene rings is 1. The summed E-state index contributed by atoms with van der Waals surface area (Å²) in [4.78, 5) is 15.6. The number of nitrogens with zero attached hydrogens (tertiary/aromatic N) is 2. The SMILES string of the molecule is Cc1n[nH]c(-c2ccc(OC(F)F)c(-c3ccccn3)c2)c1C(=O)O. The molecule has 25 heavy (non-hydrogen) atoms. The Hall–Kier alpha value is -3.29. The second-order valence-corrected chi connectivity index (χ2v) is 5.17. The second kappa shape index (κ2) is 6.68. The number of alkyl halides is 2. The van der Waals surface area contributed by atoms with Gasteiger partial charge in [0.1, 0.15) is 11.3 Å². The average Bonchev–Trinajstić information content (AvgIpc) is 2.97. The van der Waals surface area contributed by atoms with Crippen molar-refractivity contribution in [2.45, 2.75) is 13.5 Å². The molecule has 2 N–H and O–H groups in total. The van der Waals surface area contributed by atoms with E-state index in [1.54, 1.807) is 31.2 Å². The largest absolute Gasteiger partial charge is 0.478 e. The Bertz CT molecular complexity index is 911. The molecule has 3 rings (SSSR count). The van der Waals surface area contributed by atoms with Crippen molar-refractivity contribution in [1.29, 1.82) is 0 Å². The molecule has 0 radical (unpaired) electrons. The van der Waals surface area contributed by atoms with E-state index in [4.69, 9.17) is 0 Å². The van der Waals surface area contributed by atoms with Crippen LogP contribution in [-0.2, 0) is 0 Å². The van der Waals surface area contributed by atoms with Crippen molar-refractivity contribution in [3.05, 3.63) is 53.9 Å². The predicted octanol–water partition coefficient (Wildman–Crippen LogP) is 3.75. The fraction of sp³-hybridized carbons (Fsp3) is 0.118. The summed E-state index contributed by atoms with van der Waals surface area (Å²) >= 11 is 0. The van der Waals surface area contributed by atoms with E-state index in [0.29, 0.717) is 22.5 Å². The monoisotopic (exact) mass is 345 g/mol. The predicted molar refractivity (Wildman–Crippen MR) is 85.6 cm³/mol. The summed E-state index contributed by atoms with van der Waals surface area (Å²) in [5.41, 5.74) is 1.85. The van der Waals surface area contributed by atoms with Crippen LogP contribution in [0.5, 0.6) is 5.75 Å². The Balaban J connectivity index is 2.16. The Morgan fingerprint density at radius 3 is 2.72 bits per heavy atom. The van der Waals surface area contributed by atoms with Gasteiger partial charge in [0.05, 0.1) is 17.1 Å². The van der Waals surface area contributed by atoms with Crippen LogP contribution in [0.3, 0.4) is 0 Å². The molecule has 0 amide bonds. The number of hydrogen-bond acceptors (Lipinski definition) is 4. The third-order valence-electron chi connectivity index (χ3n) is 3.59. The quantitative estimate of drug-likeness (QED) is 0.735. The highest BCUT2D eigenvalue weighted by Crippen LogP contribution is 2.35. The lowest BCUT2D eigenvalue weighted by Gasteiger charge is -2.12. The number of pyridine rings is 1. The Morgan fingerprint density at radius 1 is 1.28 bits per heavy atom. The molecule has 0 saturated heterocycles. The lowest BCUT2D eigenvalue weighted by molar-refractivity contribution is -0.0494. The van der Waals surface area contributed by atoms with Crippen LogP contribution in [0.15, 0.2) is 42.6 Å². The van der Waals surface area contributed by atoms with E-state index in [-0.39, 0.29) is 17.0 Å². The van der Waals surface area contributed by atoms with Crippen LogP contribution in [0.4, 0.5) is 8.78 Å². The van der Waals surface area contributed by atoms with Gasteiger partial charge in [-0.1, -0.05) is 6.07 Å². The number of carboxylic acid groups (broad SMARTS) is 1. The highest BCUT2D eigenvalue weighted by Gasteiger charge is 2.20. The fourth-order valence-corrected chi connectivity index (χ4v) is 2.51. The van der Waals surface area contributed by atoms with E-state index in [0.717, 1.165) is 0 Å². The number of aromatic amines is 1. The fourth-order valence-electron chi connectivity index (χ4n) is 2.51. The number of carbonyl (C=O) groups is 1. The van der Waals surface area contributed by atoms with E-state index in [1.807, 2.05) is 0 Å². The summed E-state index contributed by atoms with van der Waals surface area (Å²) < 4.78 is 29.9. The van der Waals surface area contributed by atoms with Crippen LogP contribution < -0.4 is 4.74 Å². The number of aromatic nitrogens is 3. The topological polar surface area (TPSA) is 88.1 Å². The number of aromatic carboxylic acids is 1. The van der Waals surface area contributed by atoms with Crippen LogP contribution in [0, 0.1) is 6.92 Å². The first-order chi connectivity index (χ1) is 12.0. The maximum absolute atomic E-state index is 12.7. The zero-order valence-corrected chi connectivity index (χ0v) is 13.0. The van der Waals surface area contributed by atoms with Gasteiger partial charge in [-0.15, -0.1) is 0 Å². The van der Waals surface area contributed by atoms with Gasteiger partial charge >= 0.3 is 12.6 Å². The number of nitrogens with one attached hydrogen (secondary N) is 1. The van der Waals surface area contributed by atoms with Gasteiger partial charge in [-0.25, -0.2) is 4.79 Å². The molecule has 2 heterocycles. The molecule has 3 aromatic rings. The molecule has 8 heteroatoms. The zero-order chi connectivity index (χ0) is 18.0. The van der Waals surface area contributed by atoms with Crippen molar-refractivity contribution < 1.29 is 23.4 Å². The molecule has 2 aromatic heterocycles. The molecule has 0 aliphatic heterocycles. The van der Waals surface area contributed by atoms with Crippen LogP contribution in [0.25, 0.3) is 22.5 Å². The highest BCUT2D eigenvalue weighted by molar-refractivity contribution is 5.96. The summed E-state index contributed by atoms with van der Waals surface area (Å²) in [5, 5.41) is 15.9. The number of rotatable bonds is 5. The number of halogens is 2. The maximum Gasteiger partial charge on any atom is 0.387 e. The normalized spacial score (nSPS) is 10.9. The maximum atomic E-state index is 12.7. The molecular weight excluding hydrogens is 332 g/mol. The molecule has 0 bridgehead atoms. The van der Waals surface area contributed by atoms with Crippen molar-refractivity contribution in [3.8, 4) is 28.3 Å². The van der Waals surface area contributed by atoms with Gasteiger partial charge in [-0.2, -0.15) is 13.9 Å². The highest BCUT2D eigenvalue weighted by atomic mass is 19.3. The molecule has 0 fully saturated rings. The van der Waals surface area contributed by atoms with Crippen molar-refractivity contribution in [3.63, 3.8) is 0 Å². The minimum absolute atomic E-state index is 0.0227. The van der Waals surface area contributed by atoms with Crippen LogP contribution in [0.1, 0.15) is 16.1 Å². The van der Waals surface area contributed by atoms with Crippen molar-refractivity contribution >= 4 is 5.97 Å². The molecule has 6 nitrogen and oxygen atoms in total. The van der Waals surface area contributed by atoms with Gasteiger partial charge in [0.25, 0.3) is 0 Å². The lowest BCUT2D eigenvalue weighted by atomic mass is 10.0. The third kappa shape index (κ3) is 3.32.